The molecule has 0 saturated heterocycles. The normalized spacial score (nSPS) is 13.5. The van der Waals surface area contributed by atoms with Crippen LogP contribution < -0.4 is 10.2 Å². The maximum Gasteiger partial charge on any atom is 0.385 e. The van der Waals surface area contributed by atoms with E-state index >= 15 is 0 Å². The highest BCUT2D eigenvalue weighted by Crippen LogP contribution is 2.53. The van der Waals surface area contributed by atoms with Gasteiger partial charge in [-0.25, -0.2) is 8.78 Å². The molecular formula is C14H8F8O3. The average molecular weight is 376 g/mol. The molecule has 1 heterocycles. The third-order valence-electron chi connectivity index (χ3n) is 3.33. The average Bonchev–Trinajstić information content (AvgIpc) is 2.53. The Balaban J connectivity index is 2.68. The maximum atomic E-state index is 13.9. The molecule has 1 aromatic heterocycles. The number of ether oxygens (including phenoxy) is 1. The second-order valence-electron chi connectivity index (χ2n) is 4.91. The number of fused-ring (bicyclic) bond motifs is 1. The molecule has 0 fully saturated rings. The van der Waals surface area contributed by atoms with Crippen LogP contribution in [0.1, 0.15) is 5.76 Å². The molecule has 0 aliphatic carbocycles. The van der Waals surface area contributed by atoms with Gasteiger partial charge in [0.15, 0.2) is 11.2 Å². The van der Waals surface area contributed by atoms with Gasteiger partial charge in [0.25, 0.3) is 0 Å². The molecule has 138 valence electrons. The van der Waals surface area contributed by atoms with Gasteiger partial charge in [-0.1, -0.05) is 0 Å². The number of benzene rings is 1. The van der Waals surface area contributed by atoms with Gasteiger partial charge in [-0.05, 0) is 12.1 Å². The molecule has 0 amide bonds. The van der Waals surface area contributed by atoms with Gasteiger partial charge in [0.2, 0.25) is 0 Å². The highest BCUT2D eigenvalue weighted by molar-refractivity contribution is 5.78. The number of rotatable bonds is 5. The van der Waals surface area contributed by atoms with Crippen molar-refractivity contribution in [3.8, 4) is 5.75 Å². The first-order valence-electron chi connectivity index (χ1n) is 6.40. The number of methoxy groups -OCH3 is 1. The smallest absolute Gasteiger partial charge is 0.385 e. The van der Waals surface area contributed by atoms with E-state index in [1.165, 1.54) is 6.07 Å². The maximum absolute atomic E-state index is 13.9. The van der Waals surface area contributed by atoms with Crippen LogP contribution in [-0.2, 0) is 5.92 Å². The Hall–Kier alpha value is -2.33. The Bertz CT molecular complexity index is 844. The van der Waals surface area contributed by atoms with E-state index in [9.17, 15) is 39.9 Å². The van der Waals surface area contributed by atoms with Crippen molar-refractivity contribution in [2.45, 2.75) is 24.2 Å². The van der Waals surface area contributed by atoms with E-state index in [-0.39, 0.29) is 17.2 Å². The zero-order chi connectivity index (χ0) is 19.2. The number of alkyl halides is 8. The van der Waals surface area contributed by atoms with Crippen LogP contribution in [-0.4, -0.2) is 25.4 Å². The second kappa shape index (κ2) is 5.88. The van der Waals surface area contributed by atoms with E-state index in [2.05, 4.69) is 4.42 Å². The van der Waals surface area contributed by atoms with Gasteiger partial charge >= 0.3 is 24.2 Å². The summed E-state index contributed by atoms with van der Waals surface area (Å²) in [6, 6.07) is 3.02. The Kier molecular flexibility index (Phi) is 4.47. The molecule has 2 rings (SSSR count). The Morgan fingerprint density at radius 2 is 1.64 bits per heavy atom. The summed E-state index contributed by atoms with van der Waals surface area (Å²) in [5.74, 6) is -21.0. The highest BCUT2D eigenvalue weighted by atomic mass is 19.4. The van der Waals surface area contributed by atoms with Crippen molar-refractivity contribution in [3.05, 3.63) is 40.2 Å². The fraction of sp³-hybridized carbons (Fsp3) is 0.357. The molecular weight excluding hydrogens is 368 g/mol. The van der Waals surface area contributed by atoms with Crippen molar-refractivity contribution < 1.29 is 44.3 Å². The van der Waals surface area contributed by atoms with Crippen LogP contribution in [0.4, 0.5) is 35.1 Å². The van der Waals surface area contributed by atoms with E-state index in [4.69, 9.17) is 4.74 Å². The molecule has 0 unspecified atom stereocenters. The standard InChI is InChI=1S/C14H8F8O3/c1-24-6-2-3-7-8(23)5-10(25-9(7)4-6)12(17,18)14(21,22)13(19,20)11(15)16/h2-5,11H,1H3. The molecule has 0 aliphatic heterocycles. The summed E-state index contributed by atoms with van der Waals surface area (Å²) < 4.78 is 114. The van der Waals surface area contributed by atoms with E-state index < -0.39 is 41.0 Å². The predicted molar refractivity (Wildman–Crippen MR) is 68.8 cm³/mol. The Morgan fingerprint density at radius 3 is 2.16 bits per heavy atom. The van der Waals surface area contributed by atoms with Gasteiger partial charge in [-0.2, -0.15) is 26.3 Å². The van der Waals surface area contributed by atoms with Crippen LogP contribution in [0.15, 0.2) is 33.5 Å². The second-order valence-corrected chi connectivity index (χ2v) is 4.91. The molecule has 0 spiro atoms. The van der Waals surface area contributed by atoms with Gasteiger partial charge in [0, 0.05) is 12.1 Å². The predicted octanol–water partition coefficient (Wildman–Crippen LogP) is 4.43. The lowest BCUT2D eigenvalue weighted by atomic mass is 10.0. The van der Waals surface area contributed by atoms with Crippen LogP contribution >= 0.6 is 0 Å². The van der Waals surface area contributed by atoms with Gasteiger partial charge in [0.1, 0.15) is 11.3 Å². The number of hydrogen-bond acceptors (Lipinski definition) is 3. The summed E-state index contributed by atoms with van der Waals surface area (Å²) in [6.45, 7) is 0. The summed E-state index contributed by atoms with van der Waals surface area (Å²) in [5, 5.41) is -0.329. The summed E-state index contributed by atoms with van der Waals surface area (Å²) >= 11 is 0. The highest BCUT2D eigenvalue weighted by Gasteiger charge is 2.77. The largest absolute Gasteiger partial charge is 0.497 e. The van der Waals surface area contributed by atoms with Crippen molar-refractivity contribution >= 4 is 11.0 Å². The van der Waals surface area contributed by atoms with Gasteiger partial charge < -0.3 is 9.15 Å². The minimum Gasteiger partial charge on any atom is -0.497 e. The molecule has 3 nitrogen and oxygen atoms in total. The Morgan fingerprint density at radius 1 is 1.04 bits per heavy atom. The Labute approximate surface area is 133 Å². The monoisotopic (exact) mass is 376 g/mol. The summed E-state index contributed by atoms with van der Waals surface area (Å²) in [5.41, 5.74) is -1.92. The SMILES string of the molecule is COc1ccc2c(=O)cc(C(F)(F)C(F)(F)C(F)(F)C(F)F)oc2c1. The molecule has 1 aromatic carbocycles. The third-order valence-corrected chi connectivity index (χ3v) is 3.33. The summed E-state index contributed by atoms with van der Waals surface area (Å²) in [4.78, 5) is 11.7. The fourth-order valence-electron chi connectivity index (χ4n) is 1.92. The fourth-order valence-corrected chi connectivity index (χ4v) is 1.92. The van der Waals surface area contributed by atoms with Gasteiger partial charge in [-0.3, -0.25) is 4.79 Å². The molecule has 0 radical (unpaired) electrons. The van der Waals surface area contributed by atoms with Crippen LogP contribution in [0.3, 0.4) is 0 Å². The van der Waals surface area contributed by atoms with E-state index in [1.54, 1.807) is 0 Å². The van der Waals surface area contributed by atoms with Crippen molar-refractivity contribution in [3.63, 3.8) is 0 Å². The molecule has 0 aliphatic rings. The molecule has 0 saturated carbocycles. The van der Waals surface area contributed by atoms with Crippen molar-refractivity contribution in [2.75, 3.05) is 7.11 Å². The molecule has 0 bridgehead atoms. The first-order valence-corrected chi connectivity index (χ1v) is 6.40. The first kappa shape index (κ1) is 19.0. The summed E-state index contributed by atoms with van der Waals surface area (Å²) in [6.07, 6.45) is -5.07. The van der Waals surface area contributed by atoms with Crippen LogP contribution in [0, 0.1) is 0 Å². The van der Waals surface area contributed by atoms with Crippen LogP contribution in [0.25, 0.3) is 11.0 Å². The molecule has 0 N–H and O–H groups in total. The summed E-state index contributed by atoms with van der Waals surface area (Å²) in [7, 11) is 1.16. The molecule has 11 heteroatoms. The lowest BCUT2D eigenvalue weighted by molar-refractivity contribution is -0.347. The number of hydrogen-bond donors (Lipinski definition) is 0. The van der Waals surface area contributed by atoms with Crippen molar-refractivity contribution in [1.82, 2.24) is 0 Å². The van der Waals surface area contributed by atoms with Gasteiger partial charge in [0.05, 0.1) is 12.5 Å². The van der Waals surface area contributed by atoms with Gasteiger partial charge in [-0.15, -0.1) is 0 Å². The molecule has 2 aromatic rings. The van der Waals surface area contributed by atoms with E-state index in [0.29, 0.717) is 0 Å². The zero-order valence-corrected chi connectivity index (χ0v) is 12.1. The lowest BCUT2D eigenvalue weighted by Gasteiger charge is -2.31. The quantitative estimate of drug-likeness (QED) is 0.725. The third kappa shape index (κ3) is 2.81. The van der Waals surface area contributed by atoms with Crippen molar-refractivity contribution in [2.24, 2.45) is 0 Å². The van der Waals surface area contributed by atoms with Crippen LogP contribution in [0.2, 0.25) is 0 Å². The minimum atomic E-state index is -6.52. The van der Waals surface area contributed by atoms with Crippen molar-refractivity contribution in [1.29, 1.82) is 0 Å². The molecule has 25 heavy (non-hydrogen) atoms. The van der Waals surface area contributed by atoms with E-state index in [1.807, 2.05) is 0 Å². The zero-order valence-electron chi connectivity index (χ0n) is 12.1. The van der Waals surface area contributed by atoms with Crippen LogP contribution in [0.5, 0.6) is 5.75 Å². The minimum absolute atomic E-state index is 0.0132. The lowest BCUT2D eigenvalue weighted by Crippen LogP contribution is -2.56. The molecule has 0 atom stereocenters. The topological polar surface area (TPSA) is 39.4 Å². The number of halogens is 8. The first-order chi connectivity index (χ1) is 11.4. The van der Waals surface area contributed by atoms with E-state index in [0.717, 1.165) is 19.2 Å².